The maximum Gasteiger partial charge on any atom is 6.00 e. The van der Waals surface area contributed by atoms with E-state index in [1.165, 1.54) is 0 Å². The zero-order valence-corrected chi connectivity index (χ0v) is 7.05. The zero-order chi connectivity index (χ0) is 12.0. The predicted molar refractivity (Wildman–Crippen MR) is 31.6 cm³/mol. The summed E-state index contributed by atoms with van der Waals surface area (Å²) in [6.07, 6.45) is 0. The van der Waals surface area contributed by atoms with Crippen molar-refractivity contribution in [2.24, 2.45) is 0 Å². The molecule has 0 amide bonds. The van der Waals surface area contributed by atoms with Gasteiger partial charge in [0, 0.05) is 0 Å². The Balaban J connectivity index is -0.00000000655. The van der Waals surface area contributed by atoms with Crippen molar-refractivity contribution in [3.05, 3.63) is 43.4 Å². The molecule has 0 N–H and O–H groups in total. The van der Waals surface area contributed by atoms with Crippen LogP contribution in [0.2, 0.25) is 0 Å². The molecule has 0 fully saturated rings. The molecule has 13 heavy (non-hydrogen) atoms. The summed E-state index contributed by atoms with van der Waals surface area (Å²) in [5.74, 6) is 0. The normalized spacial score (nSPS) is 1.08. The molecule has 0 aliphatic carbocycles. The van der Waals surface area contributed by atoms with Crippen LogP contribution in [0.15, 0.2) is 0 Å². The average molecular weight is 216 g/mol. The first-order valence-electron chi connectivity index (χ1n) is 1.30. The fourth-order valence-corrected chi connectivity index (χ4v) is 0. The summed E-state index contributed by atoms with van der Waals surface area (Å²) in [5.41, 5.74) is 5.75. The maximum atomic E-state index is 7.25. The molecule has 0 heterocycles. The molecule has 0 aliphatic heterocycles. The molecule has 0 bridgehead atoms. The third kappa shape index (κ3) is 92.8. The molecule has 7 nitrogen and oxygen atoms in total. The van der Waals surface area contributed by atoms with Gasteiger partial charge in [0.25, 0.3) is 0 Å². The van der Waals surface area contributed by atoms with E-state index in [1.54, 1.807) is 0 Å². The SMILES string of the molecule is [C-]#N.[C-]#N.[C-]#N.[C-]#N.[C-]#N.[Fe+6].[N-]=O. The fraction of sp³-hybridized carbons (Fsp3) is 0. The zero-order valence-electron chi connectivity index (χ0n) is 5.95. The van der Waals surface area contributed by atoms with Crippen LogP contribution < -0.4 is 0 Å². The van der Waals surface area contributed by atoms with Crippen molar-refractivity contribution in [2.45, 2.75) is 0 Å². The molecule has 0 aromatic rings. The van der Waals surface area contributed by atoms with E-state index in [1.807, 2.05) is 0 Å². The van der Waals surface area contributed by atoms with Gasteiger partial charge in [-0.3, -0.25) is 0 Å². The van der Waals surface area contributed by atoms with Crippen LogP contribution >= 0.6 is 0 Å². The maximum absolute atomic E-state index is 7.25. The molecule has 0 aromatic heterocycles. The van der Waals surface area contributed by atoms with Crippen molar-refractivity contribution in [3.8, 4) is 0 Å². The molecule has 0 radical (unpaired) electrons. The van der Waals surface area contributed by atoms with E-state index >= 15 is 0 Å². The molecule has 0 atom stereocenters. The van der Waals surface area contributed by atoms with Gasteiger partial charge in [-0.2, -0.15) is 0 Å². The molecule has 0 unspecified atom stereocenters. The molecule has 0 spiro atoms. The van der Waals surface area contributed by atoms with Crippen LogP contribution in [0.25, 0.3) is 5.59 Å². The largest absolute Gasteiger partial charge is 6.00 e. The standard InChI is InChI=1S/5CN.Fe.NO/c5*1-2;;1-2/q5*-1;+6;-1. The fourth-order valence-electron chi connectivity index (χ4n) is 0. The summed E-state index contributed by atoms with van der Waals surface area (Å²) in [7, 11) is 0. The van der Waals surface area contributed by atoms with Gasteiger partial charge >= 0.3 is 17.1 Å². The summed E-state index contributed by atoms with van der Waals surface area (Å²) in [4.78, 5) is 7.25. The summed E-state index contributed by atoms with van der Waals surface area (Å²) >= 11 is 0. The van der Waals surface area contributed by atoms with Crippen molar-refractivity contribution >= 4 is 0 Å². The third-order valence-electron chi connectivity index (χ3n) is 0. The minimum absolute atomic E-state index is 0. The van der Waals surface area contributed by atoms with Crippen LogP contribution in [-0.4, -0.2) is 0 Å². The van der Waals surface area contributed by atoms with Crippen LogP contribution in [0.3, 0.4) is 0 Å². The van der Waals surface area contributed by atoms with Gasteiger partial charge in [-0.15, -0.1) is 0 Å². The minimum atomic E-state index is 0. The number of hydrogen-bond donors (Lipinski definition) is 0. The molecule has 0 aromatic carbocycles. The molecule has 64 valence electrons. The van der Waals surface area contributed by atoms with Crippen molar-refractivity contribution in [1.29, 1.82) is 26.3 Å². The van der Waals surface area contributed by atoms with E-state index in [0.717, 1.165) is 0 Å². The van der Waals surface area contributed by atoms with Crippen molar-refractivity contribution in [2.75, 3.05) is 0 Å². The quantitative estimate of drug-likeness (QED) is 0.429. The molecule has 0 saturated heterocycles. The Bertz CT molecular complexity index is 90.4. The van der Waals surface area contributed by atoms with Crippen molar-refractivity contribution in [1.82, 2.24) is 0 Å². The Hall–Kier alpha value is -2.43. The van der Waals surface area contributed by atoms with Gasteiger partial charge in [-0.05, 0) is 0 Å². The Morgan fingerprint density at radius 1 is 0.538 bits per heavy atom. The van der Waals surface area contributed by atoms with Crippen molar-refractivity contribution in [3.63, 3.8) is 0 Å². The Kier molecular flexibility index (Phi) is 695. The Morgan fingerprint density at radius 3 is 0.538 bits per heavy atom. The average Bonchev–Trinajstić information content (AvgIpc) is 2.33. The van der Waals surface area contributed by atoms with Crippen LogP contribution in [0.1, 0.15) is 0 Å². The van der Waals surface area contributed by atoms with Gasteiger partial charge in [0.2, 0.25) is 0 Å². The van der Waals surface area contributed by atoms with Gasteiger partial charge in [-0.25, -0.2) is 0 Å². The molecular weight excluding hydrogens is 216 g/mol. The van der Waals surface area contributed by atoms with E-state index in [-0.39, 0.29) is 17.1 Å². The van der Waals surface area contributed by atoms with E-state index < -0.39 is 0 Å². The monoisotopic (exact) mass is 216 g/mol. The Morgan fingerprint density at radius 2 is 0.538 bits per heavy atom. The first-order chi connectivity index (χ1) is 6.00. The van der Waals surface area contributed by atoms with Crippen LogP contribution in [0, 0.1) is 64.1 Å². The number of nitroso groups, excluding NO2 is 1. The second-order valence-electron chi connectivity index (χ2n) is 0. The van der Waals surface area contributed by atoms with Crippen LogP contribution in [0.5, 0.6) is 0 Å². The second-order valence-corrected chi connectivity index (χ2v) is 0. The smallest absolute Gasteiger partial charge is 0.577 e. The second kappa shape index (κ2) is 119. The molecule has 0 saturated carbocycles. The minimum Gasteiger partial charge on any atom is -0.577 e. The van der Waals surface area contributed by atoms with Gasteiger partial charge in [0.05, 0.1) is 0 Å². The molecule has 8 heteroatoms. The van der Waals surface area contributed by atoms with E-state index in [2.05, 4.69) is 0 Å². The molecule has 0 rings (SSSR count). The number of hydrogen-bond acceptors (Lipinski definition) is 6. The Labute approximate surface area is 87.3 Å². The van der Waals surface area contributed by atoms with Gasteiger partial charge in [-0.1, -0.05) is 0 Å². The first kappa shape index (κ1) is 76.0. The topological polar surface area (TPSA) is 158 Å². The predicted octanol–water partition coefficient (Wildman–Crippen LogP) is 0.802. The van der Waals surface area contributed by atoms with Gasteiger partial charge in [0.1, 0.15) is 0 Å². The summed E-state index contributed by atoms with van der Waals surface area (Å²) in [6.45, 7) is 23.8. The van der Waals surface area contributed by atoms with E-state index in [0.29, 0.717) is 0 Å². The molecule has 0 aliphatic rings. The molecular formula is C5FeN6O. The van der Waals surface area contributed by atoms with E-state index in [4.69, 9.17) is 69.7 Å². The van der Waals surface area contributed by atoms with E-state index in [9.17, 15) is 0 Å². The first-order valence-corrected chi connectivity index (χ1v) is 1.30. The third-order valence-corrected chi connectivity index (χ3v) is 0. The number of nitrogens with zero attached hydrogens (tertiary/aromatic N) is 6. The van der Waals surface area contributed by atoms with Crippen molar-refractivity contribution < 1.29 is 17.1 Å². The van der Waals surface area contributed by atoms with Crippen LogP contribution in [-0.2, 0) is 17.1 Å². The number of rotatable bonds is 0. The van der Waals surface area contributed by atoms with Gasteiger partial charge < -0.3 is 69.7 Å². The van der Waals surface area contributed by atoms with Gasteiger partial charge in [0.15, 0.2) is 0 Å². The summed E-state index contributed by atoms with van der Waals surface area (Å²) in [5, 5.41) is 31.2. The van der Waals surface area contributed by atoms with Crippen LogP contribution in [0.4, 0.5) is 0 Å². The summed E-state index contributed by atoms with van der Waals surface area (Å²) in [6, 6.07) is 0. The summed E-state index contributed by atoms with van der Waals surface area (Å²) < 4.78 is 0.